The first-order valence-corrected chi connectivity index (χ1v) is 9.89. The number of piperidine rings is 1. The molecular formula is C21H22N4O4. The number of rotatable bonds is 4. The van der Waals surface area contributed by atoms with Gasteiger partial charge < -0.3 is 9.47 Å². The largest absolute Gasteiger partial charge is 0.486 e. The molecular weight excluding hydrogens is 372 g/mol. The Morgan fingerprint density at radius 3 is 2.66 bits per heavy atom. The first-order chi connectivity index (χ1) is 14.2. The van der Waals surface area contributed by atoms with Gasteiger partial charge in [0.15, 0.2) is 22.9 Å². The fraction of sp³-hybridized carbons (Fsp3) is 0.381. The molecule has 0 amide bonds. The molecule has 0 radical (unpaired) electrons. The minimum absolute atomic E-state index is 0.0217. The number of likely N-dealkylation sites (tertiary alicyclic amines) is 1. The maximum Gasteiger partial charge on any atom is 0.351 e. The number of carbonyl (C=O) groups is 1. The minimum atomic E-state index is -0.143. The van der Waals surface area contributed by atoms with Gasteiger partial charge in [-0.05, 0) is 43.2 Å². The van der Waals surface area contributed by atoms with Crippen molar-refractivity contribution in [3.63, 3.8) is 0 Å². The lowest BCUT2D eigenvalue weighted by atomic mass is 9.89. The average Bonchev–Trinajstić information content (AvgIpc) is 3.09. The molecule has 4 heterocycles. The molecule has 0 saturated carbocycles. The number of Topliss-reactive ketones (excluding diaryl/α,β-unsaturated/α-hetero) is 1. The van der Waals surface area contributed by atoms with Crippen LogP contribution in [0.1, 0.15) is 23.2 Å². The van der Waals surface area contributed by atoms with E-state index in [-0.39, 0.29) is 17.4 Å². The molecule has 8 heteroatoms. The molecule has 2 aliphatic heterocycles. The van der Waals surface area contributed by atoms with Crippen LogP contribution in [0.3, 0.4) is 0 Å². The molecule has 0 spiro atoms. The summed E-state index contributed by atoms with van der Waals surface area (Å²) in [5, 5.41) is 4.38. The number of hydrogen-bond donors (Lipinski definition) is 0. The highest BCUT2D eigenvalue weighted by atomic mass is 16.6. The van der Waals surface area contributed by atoms with Gasteiger partial charge in [-0.2, -0.15) is 4.68 Å². The first kappa shape index (κ1) is 17.9. The number of fused-ring (bicyclic) bond motifs is 2. The van der Waals surface area contributed by atoms with Gasteiger partial charge in [0, 0.05) is 30.8 Å². The highest BCUT2D eigenvalue weighted by Crippen LogP contribution is 2.32. The maximum atomic E-state index is 12.9. The smallest absolute Gasteiger partial charge is 0.351 e. The molecule has 1 aromatic carbocycles. The van der Waals surface area contributed by atoms with Crippen LogP contribution < -0.4 is 15.2 Å². The van der Waals surface area contributed by atoms with Crippen LogP contribution in [0.5, 0.6) is 11.5 Å². The van der Waals surface area contributed by atoms with E-state index in [0.29, 0.717) is 42.6 Å². The Morgan fingerprint density at radius 1 is 1.07 bits per heavy atom. The van der Waals surface area contributed by atoms with Gasteiger partial charge in [-0.15, -0.1) is 5.10 Å². The van der Waals surface area contributed by atoms with Gasteiger partial charge in [0.25, 0.3) is 0 Å². The molecule has 1 fully saturated rings. The second kappa shape index (κ2) is 7.36. The van der Waals surface area contributed by atoms with Gasteiger partial charge in [-0.1, -0.05) is 6.07 Å². The SMILES string of the molecule is O=C(c1ccc2c(c1)OCCO2)C1CCN(Cn2nc3ccccn3c2=O)CC1. The molecule has 2 aromatic heterocycles. The molecule has 3 aromatic rings. The highest BCUT2D eigenvalue weighted by Gasteiger charge is 2.27. The number of ether oxygens (including phenoxy) is 2. The zero-order valence-electron chi connectivity index (χ0n) is 16.0. The van der Waals surface area contributed by atoms with Gasteiger partial charge in [0.1, 0.15) is 13.2 Å². The lowest BCUT2D eigenvalue weighted by Crippen LogP contribution is -2.40. The van der Waals surface area contributed by atoms with Crippen molar-refractivity contribution in [2.75, 3.05) is 26.3 Å². The molecule has 29 heavy (non-hydrogen) atoms. The third-order valence-corrected chi connectivity index (χ3v) is 5.61. The average molecular weight is 394 g/mol. The van der Waals surface area contributed by atoms with E-state index in [1.165, 1.54) is 9.08 Å². The van der Waals surface area contributed by atoms with Gasteiger partial charge in [0.2, 0.25) is 0 Å². The van der Waals surface area contributed by atoms with Crippen LogP contribution >= 0.6 is 0 Å². The number of pyridine rings is 1. The van der Waals surface area contributed by atoms with Crippen molar-refractivity contribution >= 4 is 11.4 Å². The van der Waals surface area contributed by atoms with Crippen LogP contribution in [0.4, 0.5) is 0 Å². The Bertz CT molecular complexity index is 1110. The van der Waals surface area contributed by atoms with Gasteiger partial charge >= 0.3 is 5.69 Å². The summed E-state index contributed by atoms with van der Waals surface area (Å²) >= 11 is 0. The van der Waals surface area contributed by atoms with Crippen LogP contribution in [0.25, 0.3) is 5.65 Å². The maximum absolute atomic E-state index is 12.9. The van der Waals surface area contributed by atoms with E-state index in [9.17, 15) is 9.59 Å². The number of nitrogens with zero attached hydrogens (tertiary/aromatic N) is 4. The Labute approximate surface area is 167 Å². The summed E-state index contributed by atoms with van der Waals surface area (Å²) in [6.07, 6.45) is 3.24. The fourth-order valence-electron chi connectivity index (χ4n) is 4.02. The van der Waals surface area contributed by atoms with Gasteiger partial charge in [0.05, 0.1) is 6.67 Å². The quantitative estimate of drug-likeness (QED) is 0.628. The number of aromatic nitrogens is 3. The lowest BCUT2D eigenvalue weighted by Gasteiger charge is -2.30. The topological polar surface area (TPSA) is 78.1 Å². The van der Waals surface area contributed by atoms with Crippen LogP contribution in [0.2, 0.25) is 0 Å². The van der Waals surface area contributed by atoms with E-state index in [1.54, 1.807) is 12.3 Å². The van der Waals surface area contributed by atoms with Crippen LogP contribution in [0.15, 0.2) is 47.4 Å². The molecule has 0 N–H and O–H groups in total. The number of carbonyl (C=O) groups excluding carboxylic acids is 1. The van der Waals surface area contributed by atoms with E-state index in [0.717, 1.165) is 25.9 Å². The Kier molecular flexibility index (Phi) is 4.55. The number of benzene rings is 1. The van der Waals surface area contributed by atoms with Crippen LogP contribution in [-0.4, -0.2) is 51.2 Å². The Hall–Kier alpha value is -3.13. The minimum Gasteiger partial charge on any atom is -0.486 e. The predicted molar refractivity (Wildman–Crippen MR) is 106 cm³/mol. The summed E-state index contributed by atoms with van der Waals surface area (Å²) in [5.74, 6) is 1.46. The molecule has 2 aliphatic rings. The number of hydrogen-bond acceptors (Lipinski definition) is 6. The van der Waals surface area contributed by atoms with Crippen molar-refractivity contribution in [2.24, 2.45) is 5.92 Å². The standard InChI is InChI=1S/C21H22N4O4/c26-20(16-4-5-17-18(13-16)29-12-11-28-17)15-6-9-23(10-7-15)14-25-21(27)24-8-2-1-3-19(24)22-25/h1-5,8,13,15H,6-7,9-12,14H2. The van der Waals surface area contributed by atoms with E-state index < -0.39 is 0 Å². The summed E-state index contributed by atoms with van der Waals surface area (Å²) in [6.45, 7) is 2.98. The van der Waals surface area contributed by atoms with E-state index in [4.69, 9.17) is 9.47 Å². The third-order valence-electron chi connectivity index (χ3n) is 5.61. The van der Waals surface area contributed by atoms with Gasteiger partial charge in [-0.3, -0.25) is 14.1 Å². The molecule has 0 atom stereocenters. The summed E-state index contributed by atoms with van der Waals surface area (Å²) in [6, 6.07) is 10.9. The van der Waals surface area contributed by atoms with Crippen molar-refractivity contribution in [1.82, 2.24) is 19.1 Å². The van der Waals surface area contributed by atoms with Crippen molar-refractivity contribution in [3.05, 3.63) is 58.6 Å². The first-order valence-electron chi connectivity index (χ1n) is 9.89. The van der Waals surface area contributed by atoms with E-state index in [2.05, 4.69) is 10.00 Å². The summed E-state index contributed by atoms with van der Waals surface area (Å²) < 4.78 is 14.1. The summed E-state index contributed by atoms with van der Waals surface area (Å²) in [4.78, 5) is 27.5. The molecule has 1 saturated heterocycles. The third kappa shape index (κ3) is 3.40. The molecule has 0 aliphatic carbocycles. The highest BCUT2D eigenvalue weighted by molar-refractivity contribution is 5.98. The molecule has 0 unspecified atom stereocenters. The Balaban J connectivity index is 1.23. The van der Waals surface area contributed by atoms with Crippen molar-refractivity contribution < 1.29 is 14.3 Å². The summed E-state index contributed by atoms with van der Waals surface area (Å²) in [5.41, 5.74) is 1.17. The van der Waals surface area contributed by atoms with E-state index >= 15 is 0 Å². The van der Waals surface area contributed by atoms with Crippen LogP contribution in [0, 0.1) is 5.92 Å². The summed E-state index contributed by atoms with van der Waals surface area (Å²) in [7, 11) is 0. The monoisotopic (exact) mass is 394 g/mol. The Morgan fingerprint density at radius 2 is 1.86 bits per heavy atom. The zero-order chi connectivity index (χ0) is 19.8. The second-order valence-electron chi connectivity index (χ2n) is 7.47. The van der Waals surface area contributed by atoms with Crippen molar-refractivity contribution in [2.45, 2.75) is 19.5 Å². The molecule has 0 bridgehead atoms. The second-order valence-corrected chi connectivity index (χ2v) is 7.47. The van der Waals surface area contributed by atoms with Crippen molar-refractivity contribution in [3.8, 4) is 11.5 Å². The predicted octanol–water partition coefficient (Wildman–Crippen LogP) is 1.82. The molecule has 5 rings (SSSR count). The molecule has 150 valence electrons. The fourth-order valence-corrected chi connectivity index (χ4v) is 4.02. The molecule has 8 nitrogen and oxygen atoms in total. The normalized spacial score (nSPS) is 17.5. The van der Waals surface area contributed by atoms with Crippen molar-refractivity contribution in [1.29, 1.82) is 0 Å². The zero-order valence-corrected chi connectivity index (χ0v) is 16.0. The number of ketones is 1. The van der Waals surface area contributed by atoms with E-state index in [1.807, 2.05) is 30.3 Å². The lowest BCUT2D eigenvalue weighted by molar-refractivity contribution is 0.0801. The van der Waals surface area contributed by atoms with Crippen LogP contribution in [-0.2, 0) is 6.67 Å². The van der Waals surface area contributed by atoms with Gasteiger partial charge in [-0.25, -0.2) is 4.79 Å².